The Hall–Kier alpha value is -1.61. The molecule has 15 heavy (non-hydrogen) atoms. The summed E-state index contributed by atoms with van der Waals surface area (Å²) in [5.74, 6) is -0.227. The highest BCUT2D eigenvalue weighted by Crippen LogP contribution is 2.13. The van der Waals surface area contributed by atoms with Crippen LogP contribution in [0.5, 0.6) is 0 Å². The van der Waals surface area contributed by atoms with Crippen molar-refractivity contribution in [3.05, 3.63) is 59.2 Å². The van der Waals surface area contributed by atoms with Gasteiger partial charge >= 0.3 is 0 Å². The van der Waals surface area contributed by atoms with Crippen LogP contribution in [0, 0.1) is 5.82 Å². The molecule has 1 aromatic carbocycles. The minimum Gasteiger partial charge on any atom is -0.390 e. The lowest BCUT2D eigenvalue weighted by Gasteiger charge is -2.01. The van der Waals surface area contributed by atoms with Gasteiger partial charge in [-0.1, -0.05) is 12.1 Å². The van der Waals surface area contributed by atoms with Crippen molar-refractivity contribution in [2.45, 2.75) is 13.0 Å². The van der Waals surface area contributed by atoms with E-state index in [0.717, 1.165) is 16.8 Å². The van der Waals surface area contributed by atoms with Gasteiger partial charge in [0.1, 0.15) is 5.82 Å². The van der Waals surface area contributed by atoms with Gasteiger partial charge in [0.05, 0.1) is 6.61 Å². The summed E-state index contributed by atoms with van der Waals surface area (Å²) in [6, 6.07) is 8.32. The predicted molar refractivity (Wildman–Crippen MR) is 55.9 cm³/mol. The molecule has 2 aromatic rings. The van der Waals surface area contributed by atoms with Crippen LogP contribution in [0.3, 0.4) is 0 Å². The number of H-pyrrole nitrogens is 1. The zero-order valence-corrected chi connectivity index (χ0v) is 8.20. The van der Waals surface area contributed by atoms with Gasteiger partial charge in [0.2, 0.25) is 0 Å². The standard InChI is InChI=1S/C12H12FNO/c13-11-3-1-9(2-4-11)7-10-5-6-14-12(10)8-15/h1-6,14-15H,7-8H2. The smallest absolute Gasteiger partial charge is 0.123 e. The van der Waals surface area contributed by atoms with E-state index in [0.29, 0.717) is 6.42 Å². The van der Waals surface area contributed by atoms with Gasteiger partial charge in [-0.25, -0.2) is 4.39 Å². The van der Waals surface area contributed by atoms with Crippen molar-refractivity contribution in [2.75, 3.05) is 0 Å². The van der Waals surface area contributed by atoms with Gasteiger partial charge in [-0.3, -0.25) is 0 Å². The third kappa shape index (κ3) is 2.25. The van der Waals surface area contributed by atoms with E-state index in [9.17, 15) is 4.39 Å². The third-order valence-electron chi connectivity index (χ3n) is 2.40. The fraction of sp³-hybridized carbons (Fsp3) is 0.167. The minimum absolute atomic E-state index is 0.00350. The lowest BCUT2D eigenvalue weighted by atomic mass is 10.1. The first-order valence-corrected chi connectivity index (χ1v) is 4.80. The van der Waals surface area contributed by atoms with Crippen molar-refractivity contribution in [3.63, 3.8) is 0 Å². The summed E-state index contributed by atoms with van der Waals surface area (Å²) >= 11 is 0. The monoisotopic (exact) mass is 205 g/mol. The van der Waals surface area contributed by atoms with Crippen molar-refractivity contribution < 1.29 is 9.50 Å². The molecule has 0 aliphatic carbocycles. The van der Waals surface area contributed by atoms with E-state index in [1.54, 1.807) is 18.3 Å². The number of hydrogen-bond acceptors (Lipinski definition) is 1. The number of rotatable bonds is 3. The Morgan fingerprint density at radius 2 is 1.87 bits per heavy atom. The van der Waals surface area contributed by atoms with E-state index >= 15 is 0 Å². The number of aliphatic hydroxyl groups excluding tert-OH is 1. The SMILES string of the molecule is OCc1[nH]ccc1Cc1ccc(F)cc1. The Morgan fingerprint density at radius 1 is 1.13 bits per heavy atom. The summed E-state index contributed by atoms with van der Waals surface area (Å²) in [7, 11) is 0. The molecule has 2 rings (SSSR count). The lowest BCUT2D eigenvalue weighted by Crippen LogP contribution is -1.93. The van der Waals surface area contributed by atoms with E-state index in [4.69, 9.17) is 5.11 Å². The van der Waals surface area contributed by atoms with Crippen LogP contribution in [0.1, 0.15) is 16.8 Å². The van der Waals surface area contributed by atoms with E-state index in [1.807, 2.05) is 6.07 Å². The fourth-order valence-electron chi connectivity index (χ4n) is 1.57. The summed E-state index contributed by atoms with van der Waals surface area (Å²) in [6.07, 6.45) is 2.50. The van der Waals surface area contributed by atoms with Crippen LogP contribution in [0.25, 0.3) is 0 Å². The summed E-state index contributed by atoms with van der Waals surface area (Å²) in [5, 5.41) is 9.04. The average molecular weight is 205 g/mol. The highest BCUT2D eigenvalue weighted by molar-refractivity contribution is 5.28. The number of benzene rings is 1. The molecule has 0 bridgehead atoms. The van der Waals surface area contributed by atoms with Gasteiger partial charge < -0.3 is 10.1 Å². The quantitative estimate of drug-likeness (QED) is 0.792. The maximum absolute atomic E-state index is 12.7. The molecule has 2 nitrogen and oxygen atoms in total. The first kappa shape index (κ1) is 9.93. The molecular formula is C12H12FNO. The maximum atomic E-state index is 12.7. The second-order valence-electron chi connectivity index (χ2n) is 3.44. The Morgan fingerprint density at radius 3 is 2.53 bits per heavy atom. The molecule has 0 atom stereocenters. The molecule has 1 aromatic heterocycles. The topological polar surface area (TPSA) is 36.0 Å². The molecule has 0 amide bonds. The second-order valence-corrected chi connectivity index (χ2v) is 3.44. The van der Waals surface area contributed by atoms with Gasteiger partial charge in [0.15, 0.2) is 0 Å². The zero-order chi connectivity index (χ0) is 10.7. The molecular weight excluding hydrogens is 193 g/mol. The molecule has 0 saturated carbocycles. The van der Waals surface area contributed by atoms with Gasteiger partial charge in [-0.15, -0.1) is 0 Å². The Labute approximate surface area is 87.4 Å². The molecule has 0 radical (unpaired) electrons. The Kier molecular flexibility index (Phi) is 2.83. The number of aliphatic hydroxyl groups is 1. The largest absolute Gasteiger partial charge is 0.390 e. The molecule has 1 heterocycles. The number of nitrogens with one attached hydrogen (secondary N) is 1. The van der Waals surface area contributed by atoms with Crippen molar-refractivity contribution in [2.24, 2.45) is 0 Å². The van der Waals surface area contributed by atoms with Crippen LogP contribution in [-0.2, 0) is 13.0 Å². The highest BCUT2D eigenvalue weighted by Gasteiger charge is 2.03. The summed E-state index contributed by atoms with van der Waals surface area (Å²) in [4.78, 5) is 2.96. The van der Waals surface area contributed by atoms with Crippen LogP contribution in [0.15, 0.2) is 36.5 Å². The van der Waals surface area contributed by atoms with Crippen LogP contribution >= 0.6 is 0 Å². The summed E-state index contributed by atoms with van der Waals surface area (Å²) in [5.41, 5.74) is 2.90. The second kappa shape index (κ2) is 4.28. The molecule has 0 unspecified atom stereocenters. The first-order chi connectivity index (χ1) is 7.29. The molecule has 3 heteroatoms. The number of halogens is 1. The molecule has 0 aliphatic heterocycles. The van der Waals surface area contributed by atoms with Gasteiger partial charge in [-0.05, 0) is 35.7 Å². The van der Waals surface area contributed by atoms with Crippen molar-refractivity contribution in [3.8, 4) is 0 Å². The first-order valence-electron chi connectivity index (χ1n) is 4.80. The Bertz CT molecular complexity index is 433. The van der Waals surface area contributed by atoms with Crippen LogP contribution < -0.4 is 0 Å². The van der Waals surface area contributed by atoms with Crippen LogP contribution in [0.4, 0.5) is 4.39 Å². The molecule has 78 valence electrons. The number of aromatic nitrogens is 1. The molecule has 0 spiro atoms. The van der Waals surface area contributed by atoms with Crippen molar-refractivity contribution in [1.82, 2.24) is 4.98 Å². The van der Waals surface area contributed by atoms with Gasteiger partial charge in [-0.2, -0.15) is 0 Å². The summed E-state index contributed by atoms with van der Waals surface area (Å²) in [6.45, 7) is 0.00350. The molecule has 0 fully saturated rings. The third-order valence-corrected chi connectivity index (χ3v) is 2.40. The number of hydrogen-bond donors (Lipinski definition) is 2. The van der Waals surface area contributed by atoms with E-state index in [2.05, 4.69) is 4.98 Å². The maximum Gasteiger partial charge on any atom is 0.123 e. The highest BCUT2D eigenvalue weighted by atomic mass is 19.1. The van der Waals surface area contributed by atoms with Crippen molar-refractivity contribution >= 4 is 0 Å². The Balaban J connectivity index is 2.18. The summed E-state index contributed by atoms with van der Waals surface area (Å²) < 4.78 is 12.7. The molecule has 0 aliphatic rings. The van der Waals surface area contributed by atoms with Crippen LogP contribution in [-0.4, -0.2) is 10.1 Å². The minimum atomic E-state index is -0.227. The van der Waals surface area contributed by atoms with Crippen molar-refractivity contribution in [1.29, 1.82) is 0 Å². The normalized spacial score (nSPS) is 10.5. The van der Waals surface area contributed by atoms with Gasteiger partial charge in [0, 0.05) is 11.9 Å². The van der Waals surface area contributed by atoms with Crippen LogP contribution in [0.2, 0.25) is 0 Å². The molecule has 2 N–H and O–H groups in total. The van der Waals surface area contributed by atoms with E-state index in [-0.39, 0.29) is 12.4 Å². The van der Waals surface area contributed by atoms with E-state index < -0.39 is 0 Å². The zero-order valence-electron chi connectivity index (χ0n) is 8.20. The predicted octanol–water partition coefficient (Wildman–Crippen LogP) is 2.24. The van der Waals surface area contributed by atoms with Gasteiger partial charge in [0.25, 0.3) is 0 Å². The average Bonchev–Trinajstić information content (AvgIpc) is 2.69. The number of aromatic amines is 1. The fourth-order valence-corrected chi connectivity index (χ4v) is 1.57. The van der Waals surface area contributed by atoms with E-state index in [1.165, 1.54) is 12.1 Å². The molecule has 0 saturated heterocycles. The lowest BCUT2D eigenvalue weighted by molar-refractivity contribution is 0.276.